The molecule has 1 unspecified atom stereocenters. The summed E-state index contributed by atoms with van der Waals surface area (Å²) >= 11 is 1.51. The SMILES string of the molecule is O=C(c1sc2ncccc2c1C1CN(CC2CCCCC2)CCO1)N1CCOCC1. The van der Waals surface area contributed by atoms with Crippen LogP contribution in [0.5, 0.6) is 0 Å². The molecule has 0 N–H and O–H groups in total. The molecule has 1 atom stereocenters. The average molecular weight is 430 g/mol. The van der Waals surface area contributed by atoms with Gasteiger partial charge in [-0.05, 0) is 24.8 Å². The number of carbonyl (C=O) groups excluding carboxylic acids is 1. The van der Waals surface area contributed by atoms with E-state index in [-0.39, 0.29) is 12.0 Å². The van der Waals surface area contributed by atoms with Gasteiger partial charge in [-0.25, -0.2) is 4.98 Å². The Bertz CT molecular complexity index is 874. The summed E-state index contributed by atoms with van der Waals surface area (Å²) in [4.78, 5) is 24.2. The van der Waals surface area contributed by atoms with Crippen molar-refractivity contribution in [3.63, 3.8) is 0 Å². The molecule has 30 heavy (non-hydrogen) atoms. The van der Waals surface area contributed by atoms with Crippen molar-refractivity contribution in [1.29, 1.82) is 0 Å². The van der Waals surface area contributed by atoms with Crippen LogP contribution in [0.4, 0.5) is 0 Å². The van der Waals surface area contributed by atoms with Crippen LogP contribution in [0.15, 0.2) is 18.3 Å². The third-order valence-corrected chi connectivity index (χ3v) is 7.83. The highest BCUT2D eigenvalue weighted by atomic mass is 32.1. The maximum Gasteiger partial charge on any atom is 0.264 e. The van der Waals surface area contributed by atoms with Gasteiger partial charge in [-0.3, -0.25) is 9.69 Å². The number of rotatable bonds is 4. The highest BCUT2D eigenvalue weighted by molar-refractivity contribution is 7.20. The average Bonchev–Trinajstić information content (AvgIpc) is 3.20. The van der Waals surface area contributed by atoms with Crippen LogP contribution in [-0.4, -0.2) is 73.2 Å². The normalized spacial score (nSPS) is 24.4. The number of morpholine rings is 2. The number of hydrogen-bond donors (Lipinski definition) is 0. The van der Waals surface area contributed by atoms with Crippen LogP contribution in [-0.2, 0) is 9.47 Å². The summed E-state index contributed by atoms with van der Waals surface area (Å²) in [5, 5.41) is 1.07. The summed E-state index contributed by atoms with van der Waals surface area (Å²) in [7, 11) is 0. The Morgan fingerprint density at radius 1 is 1.13 bits per heavy atom. The van der Waals surface area contributed by atoms with Gasteiger partial charge in [0, 0.05) is 49.9 Å². The molecule has 0 radical (unpaired) electrons. The number of aromatic nitrogens is 1. The smallest absolute Gasteiger partial charge is 0.264 e. The number of carbonyl (C=O) groups is 1. The van der Waals surface area contributed by atoms with Crippen LogP contribution < -0.4 is 0 Å². The van der Waals surface area contributed by atoms with Crippen molar-refractivity contribution in [2.45, 2.75) is 38.2 Å². The lowest BCUT2D eigenvalue weighted by Crippen LogP contribution is -2.43. The van der Waals surface area contributed by atoms with Gasteiger partial charge in [0.05, 0.1) is 25.9 Å². The molecule has 0 bridgehead atoms. The first-order chi connectivity index (χ1) is 14.8. The molecule has 3 fully saturated rings. The number of nitrogens with zero attached hydrogens (tertiary/aromatic N) is 3. The van der Waals surface area contributed by atoms with Gasteiger partial charge < -0.3 is 14.4 Å². The molecule has 3 aliphatic rings. The second-order valence-corrected chi connectivity index (χ2v) is 9.73. The third-order valence-electron chi connectivity index (χ3n) is 6.71. The number of fused-ring (bicyclic) bond motifs is 1. The van der Waals surface area contributed by atoms with Crippen LogP contribution in [0.2, 0.25) is 0 Å². The number of hydrogen-bond acceptors (Lipinski definition) is 6. The fourth-order valence-corrected chi connectivity index (χ4v) is 6.28. The molecule has 2 aromatic rings. The Morgan fingerprint density at radius 3 is 2.80 bits per heavy atom. The Labute approximate surface area is 182 Å². The maximum atomic E-state index is 13.4. The quantitative estimate of drug-likeness (QED) is 0.741. The standard InChI is InChI=1S/C23H31N3O3S/c27-23(26-10-12-28-13-11-26)21-20(18-7-4-8-24-22(18)30-21)19-16-25(9-14-29-19)15-17-5-2-1-3-6-17/h4,7-8,17,19H,1-3,5-6,9-16H2. The third kappa shape index (κ3) is 4.26. The molecule has 2 saturated heterocycles. The maximum absolute atomic E-state index is 13.4. The van der Waals surface area contributed by atoms with Gasteiger partial charge in [-0.1, -0.05) is 25.3 Å². The molecular formula is C23H31N3O3S. The summed E-state index contributed by atoms with van der Waals surface area (Å²) in [6, 6.07) is 4.05. The zero-order valence-corrected chi connectivity index (χ0v) is 18.4. The molecule has 5 rings (SSSR count). The van der Waals surface area contributed by atoms with Crippen LogP contribution >= 0.6 is 11.3 Å². The highest BCUT2D eigenvalue weighted by Crippen LogP contribution is 2.38. The largest absolute Gasteiger partial charge is 0.378 e. The van der Waals surface area contributed by atoms with Crippen LogP contribution in [0.25, 0.3) is 10.2 Å². The van der Waals surface area contributed by atoms with E-state index in [0.717, 1.165) is 52.8 Å². The van der Waals surface area contributed by atoms with E-state index in [2.05, 4.69) is 16.0 Å². The minimum Gasteiger partial charge on any atom is -0.378 e. The van der Waals surface area contributed by atoms with Crippen molar-refractivity contribution in [1.82, 2.24) is 14.8 Å². The molecule has 162 valence electrons. The van der Waals surface area contributed by atoms with E-state index in [9.17, 15) is 4.79 Å². The predicted molar refractivity (Wildman–Crippen MR) is 118 cm³/mol. The summed E-state index contributed by atoms with van der Waals surface area (Å²) in [6.07, 6.45) is 8.59. The number of ether oxygens (including phenoxy) is 2. The molecule has 2 aliphatic heterocycles. The molecule has 6 nitrogen and oxygen atoms in total. The van der Waals surface area contributed by atoms with Gasteiger partial charge in [0.1, 0.15) is 9.71 Å². The van der Waals surface area contributed by atoms with Crippen LogP contribution in [0, 0.1) is 5.92 Å². The van der Waals surface area contributed by atoms with Crippen LogP contribution in [0.1, 0.15) is 53.4 Å². The van der Waals surface area contributed by atoms with E-state index < -0.39 is 0 Å². The second-order valence-electron chi connectivity index (χ2n) is 8.73. The van der Waals surface area contributed by atoms with E-state index in [4.69, 9.17) is 9.47 Å². The van der Waals surface area contributed by atoms with Crippen molar-refractivity contribution in [2.24, 2.45) is 5.92 Å². The molecule has 1 amide bonds. The molecular weight excluding hydrogens is 398 g/mol. The van der Waals surface area contributed by atoms with Gasteiger partial charge in [-0.2, -0.15) is 0 Å². The molecule has 0 aromatic carbocycles. The van der Waals surface area contributed by atoms with Gasteiger partial charge >= 0.3 is 0 Å². The Kier molecular flexibility index (Phi) is 6.32. The van der Waals surface area contributed by atoms with Crippen molar-refractivity contribution in [2.75, 3.05) is 52.5 Å². The fraction of sp³-hybridized carbons (Fsp3) is 0.652. The summed E-state index contributed by atoms with van der Waals surface area (Å²) in [5.74, 6) is 0.914. The van der Waals surface area contributed by atoms with Crippen molar-refractivity contribution >= 4 is 27.5 Å². The zero-order chi connectivity index (χ0) is 20.3. The molecule has 0 spiro atoms. The van der Waals surface area contributed by atoms with Gasteiger partial charge in [0.2, 0.25) is 0 Å². The second kappa shape index (κ2) is 9.30. The topological polar surface area (TPSA) is 54.9 Å². The summed E-state index contributed by atoms with van der Waals surface area (Å²) < 4.78 is 11.7. The van der Waals surface area contributed by atoms with Crippen molar-refractivity contribution < 1.29 is 14.3 Å². The van der Waals surface area contributed by atoms with Gasteiger partial charge in [0.15, 0.2) is 0 Å². The van der Waals surface area contributed by atoms with E-state index in [1.54, 1.807) is 0 Å². The fourth-order valence-electron chi connectivity index (χ4n) is 5.12. The van der Waals surface area contributed by atoms with E-state index in [0.29, 0.717) is 26.3 Å². The zero-order valence-electron chi connectivity index (χ0n) is 17.6. The first kappa shape index (κ1) is 20.4. The first-order valence-electron chi connectivity index (χ1n) is 11.4. The van der Waals surface area contributed by atoms with Crippen LogP contribution in [0.3, 0.4) is 0 Å². The molecule has 2 aromatic heterocycles. The van der Waals surface area contributed by atoms with Crippen molar-refractivity contribution in [3.05, 3.63) is 28.8 Å². The highest BCUT2D eigenvalue weighted by Gasteiger charge is 2.33. The van der Waals surface area contributed by atoms with E-state index in [1.165, 1.54) is 43.4 Å². The number of thiophene rings is 1. The summed E-state index contributed by atoms with van der Waals surface area (Å²) in [5.41, 5.74) is 1.05. The van der Waals surface area contributed by atoms with Gasteiger partial charge in [0.25, 0.3) is 5.91 Å². The van der Waals surface area contributed by atoms with E-state index >= 15 is 0 Å². The molecule has 7 heteroatoms. The number of pyridine rings is 1. The Balaban J connectivity index is 1.41. The minimum atomic E-state index is -0.0692. The predicted octanol–water partition coefficient (Wildman–Crippen LogP) is 3.72. The molecule has 1 saturated carbocycles. The number of amides is 1. The van der Waals surface area contributed by atoms with E-state index in [1.807, 2.05) is 17.2 Å². The van der Waals surface area contributed by atoms with Crippen molar-refractivity contribution in [3.8, 4) is 0 Å². The monoisotopic (exact) mass is 429 g/mol. The summed E-state index contributed by atoms with van der Waals surface area (Å²) in [6.45, 7) is 6.25. The minimum absolute atomic E-state index is 0.0692. The lowest BCUT2D eigenvalue weighted by molar-refractivity contribution is -0.0355. The Morgan fingerprint density at radius 2 is 1.97 bits per heavy atom. The first-order valence-corrected chi connectivity index (χ1v) is 12.2. The lowest BCUT2D eigenvalue weighted by atomic mass is 9.88. The molecule has 1 aliphatic carbocycles. The molecule has 4 heterocycles. The Hall–Kier alpha value is -1.54. The van der Waals surface area contributed by atoms with Gasteiger partial charge in [-0.15, -0.1) is 11.3 Å². The lowest BCUT2D eigenvalue weighted by Gasteiger charge is -2.36.